The third-order valence-corrected chi connectivity index (χ3v) is 4.95. The van der Waals surface area contributed by atoms with Crippen molar-refractivity contribution in [3.63, 3.8) is 0 Å². The van der Waals surface area contributed by atoms with Crippen molar-refractivity contribution in [3.05, 3.63) is 40.8 Å². The maximum absolute atomic E-state index is 14.5. The molecule has 0 aliphatic heterocycles. The van der Waals surface area contributed by atoms with Crippen molar-refractivity contribution in [1.82, 2.24) is 4.98 Å². The highest BCUT2D eigenvalue weighted by molar-refractivity contribution is 14.1. The summed E-state index contributed by atoms with van der Waals surface area (Å²) >= 11 is 4.48. The Kier molecular flexibility index (Phi) is 6.00. The highest BCUT2D eigenvalue weighted by Gasteiger charge is 2.24. The summed E-state index contributed by atoms with van der Waals surface area (Å²) in [5.41, 5.74) is 7.51. The van der Waals surface area contributed by atoms with Crippen LogP contribution in [-0.4, -0.2) is 23.2 Å². The molecule has 0 saturated heterocycles. The second-order valence-electron chi connectivity index (χ2n) is 4.63. The van der Waals surface area contributed by atoms with Gasteiger partial charge < -0.3 is 15.6 Å². The van der Waals surface area contributed by atoms with Gasteiger partial charge in [0.2, 0.25) is 0 Å². The Balaban J connectivity index is 2.71. The molecule has 1 aromatic carbocycles. The maximum Gasteiger partial charge on any atom is 0.358 e. The number of nitrogen functional groups attached to an aromatic ring is 1. The van der Waals surface area contributed by atoms with Crippen molar-refractivity contribution in [2.45, 2.75) is 8.86 Å². The molecule has 0 fully saturated rings. The van der Waals surface area contributed by atoms with Gasteiger partial charge >= 0.3 is 5.97 Å². The number of aromatic nitrogens is 1. The highest BCUT2D eigenvalue weighted by Crippen LogP contribution is 2.35. The predicted molar refractivity (Wildman–Crippen MR) is 103 cm³/mol. The van der Waals surface area contributed by atoms with E-state index in [0.717, 1.165) is 20.0 Å². The third-order valence-electron chi connectivity index (χ3n) is 3.30. The molecule has 5 nitrogen and oxygen atoms in total. The van der Waals surface area contributed by atoms with Crippen LogP contribution in [0.1, 0.15) is 21.6 Å². The van der Waals surface area contributed by atoms with E-state index >= 15 is 0 Å². The van der Waals surface area contributed by atoms with E-state index < -0.39 is 17.5 Å². The highest BCUT2D eigenvalue weighted by atomic mass is 127. The van der Waals surface area contributed by atoms with Crippen molar-refractivity contribution in [3.8, 4) is 17.0 Å². The molecule has 0 unspecified atom stereocenters. The first-order valence-corrected chi connectivity index (χ1v) is 9.50. The number of nitrogens with zero attached hydrogens (tertiary/aromatic N) is 1. The molecular formula is C15H13FI2N2O3. The lowest BCUT2D eigenvalue weighted by Gasteiger charge is -2.13. The minimum atomic E-state index is -1.33. The smallest absolute Gasteiger partial charge is 0.358 e. The summed E-state index contributed by atoms with van der Waals surface area (Å²) in [6.07, 6.45) is 0. The molecule has 2 aromatic rings. The maximum atomic E-state index is 14.5. The van der Waals surface area contributed by atoms with Crippen LogP contribution in [-0.2, 0) is 8.86 Å². The largest absolute Gasteiger partial charge is 0.492 e. The zero-order valence-electron chi connectivity index (χ0n) is 12.1. The van der Waals surface area contributed by atoms with Crippen LogP contribution >= 0.6 is 45.2 Å². The van der Waals surface area contributed by atoms with Gasteiger partial charge in [0.05, 0.1) is 7.11 Å². The molecule has 122 valence electrons. The van der Waals surface area contributed by atoms with E-state index in [1.165, 1.54) is 7.11 Å². The molecule has 0 atom stereocenters. The Morgan fingerprint density at radius 3 is 2.52 bits per heavy atom. The first kappa shape index (κ1) is 18.2. The van der Waals surface area contributed by atoms with Crippen molar-refractivity contribution >= 4 is 56.8 Å². The monoisotopic (exact) mass is 542 g/mol. The van der Waals surface area contributed by atoms with Gasteiger partial charge in [-0.25, -0.2) is 14.2 Å². The molecule has 0 amide bonds. The molecule has 0 spiro atoms. The summed E-state index contributed by atoms with van der Waals surface area (Å²) in [4.78, 5) is 15.2. The van der Waals surface area contributed by atoms with Crippen LogP contribution in [0, 0.1) is 5.82 Å². The van der Waals surface area contributed by atoms with Crippen LogP contribution in [0.4, 0.5) is 10.1 Å². The molecule has 0 aliphatic carbocycles. The van der Waals surface area contributed by atoms with Crippen LogP contribution in [0.3, 0.4) is 0 Å². The van der Waals surface area contributed by atoms with Crippen LogP contribution < -0.4 is 10.5 Å². The van der Waals surface area contributed by atoms with Gasteiger partial charge in [-0.15, -0.1) is 0 Å². The average Bonchev–Trinajstić information content (AvgIpc) is 2.56. The molecule has 0 saturated carbocycles. The number of anilines is 1. The minimum absolute atomic E-state index is 0.0909. The summed E-state index contributed by atoms with van der Waals surface area (Å²) in [7, 11) is 1.22. The molecule has 23 heavy (non-hydrogen) atoms. The lowest BCUT2D eigenvalue weighted by Crippen LogP contribution is -2.10. The summed E-state index contributed by atoms with van der Waals surface area (Å²) in [5, 5.41) is 9.24. The number of hydrogen-bond acceptors (Lipinski definition) is 4. The lowest BCUT2D eigenvalue weighted by atomic mass is 10.0. The molecule has 1 heterocycles. The van der Waals surface area contributed by atoms with Gasteiger partial charge in [0.1, 0.15) is 11.4 Å². The number of aromatic carboxylic acids is 1. The van der Waals surface area contributed by atoms with Crippen LogP contribution in [0.25, 0.3) is 11.3 Å². The molecule has 0 bridgehead atoms. The average molecular weight is 542 g/mol. The molecule has 3 N–H and O–H groups in total. The molecule has 0 radical (unpaired) electrons. The molecular weight excluding hydrogens is 529 g/mol. The Bertz CT molecular complexity index is 769. The third kappa shape index (κ3) is 3.52. The minimum Gasteiger partial charge on any atom is -0.492 e. The second-order valence-corrected chi connectivity index (χ2v) is 6.15. The fraction of sp³-hybridized carbons (Fsp3) is 0.200. The standard InChI is InChI=1S/C15H13FI2N2O3/c1-23-14-11(19)10(16)12(20-13(14)15(21)22)7-2-3-8(5-17)9(4-7)6-18/h2-4H,5-6H2,1H3,(H2,19,20)(H,21,22). The van der Waals surface area contributed by atoms with E-state index in [-0.39, 0.29) is 17.1 Å². The SMILES string of the molecule is COc1c(C(=O)O)nc(-c2ccc(CI)c(CI)c2)c(F)c1N. The first-order valence-electron chi connectivity index (χ1n) is 6.44. The van der Waals surface area contributed by atoms with Gasteiger partial charge in [-0.1, -0.05) is 57.3 Å². The normalized spacial score (nSPS) is 10.6. The number of benzene rings is 1. The van der Waals surface area contributed by atoms with Crippen molar-refractivity contribution in [1.29, 1.82) is 0 Å². The van der Waals surface area contributed by atoms with Gasteiger partial charge in [-0.05, 0) is 17.2 Å². The zero-order valence-corrected chi connectivity index (χ0v) is 16.4. The number of methoxy groups -OCH3 is 1. The van der Waals surface area contributed by atoms with E-state index in [1.807, 2.05) is 12.1 Å². The molecule has 8 heteroatoms. The van der Waals surface area contributed by atoms with Gasteiger partial charge in [0, 0.05) is 14.4 Å². The topological polar surface area (TPSA) is 85.4 Å². The summed E-state index contributed by atoms with van der Waals surface area (Å²) in [5.74, 6) is -2.38. The fourth-order valence-electron chi connectivity index (χ4n) is 2.14. The Hall–Kier alpha value is -1.17. The summed E-state index contributed by atoms with van der Waals surface area (Å²) in [6.45, 7) is 0. The number of carboxylic acid groups (broad SMARTS) is 1. The quantitative estimate of drug-likeness (QED) is 0.441. The Labute approximate surface area is 159 Å². The number of alkyl halides is 2. The van der Waals surface area contributed by atoms with Crippen LogP contribution in [0.2, 0.25) is 0 Å². The van der Waals surface area contributed by atoms with Gasteiger partial charge in [0.25, 0.3) is 0 Å². The number of rotatable bonds is 5. The van der Waals surface area contributed by atoms with E-state index in [9.17, 15) is 14.3 Å². The molecule has 1 aromatic heterocycles. The predicted octanol–water partition coefficient (Wildman–Crippen LogP) is 4.05. The lowest BCUT2D eigenvalue weighted by molar-refractivity contribution is 0.0686. The summed E-state index contributed by atoms with van der Waals surface area (Å²) < 4.78 is 21.0. The van der Waals surface area contributed by atoms with Crippen LogP contribution in [0.15, 0.2) is 18.2 Å². The zero-order chi connectivity index (χ0) is 17.1. The van der Waals surface area contributed by atoms with Crippen molar-refractivity contribution in [2.24, 2.45) is 0 Å². The van der Waals surface area contributed by atoms with E-state index in [1.54, 1.807) is 6.07 Å². The van der Waals surface area contributed by atoms with Gasteiger partial charge in [-0.2, -0.15) is 0 Å². The number of halogens is 3. The van der Waals surface area contributed by atoms with Gasteiger partial charge in [0.15, 0.2) is 17.3 Å². The second kappa shape index (κ2) is 7.60. The van der Waals surface area contributed by atoms with E-state index in [0.29, 0.717) is 5.56 Å². The van der Waals surface area contributed by atoms with Crippen molar-refractivity contribution < 1.29 is 19.0 Å². The number of pyridine rings is 1. The Morgan fingerprint density at radius 1 is 1.35 bits per heavy atom. The summed E-state index contributed by atoms with van der Waals surface area (Å²) in [6, 6.07) is 5.41. The van der Waals surface area contributed by atoms with Gasteiger partial charge in [-0.3, -0.25) is 0 Å². The van der Waals surface area contributed by atoms with Crippen molar-refractivity contribution in [2.75, 3.05) is 12.8 Å². The van der Waals surface area contributed by atoms with Crippen LogP contribution in [0.5, 0.6) is 5.75 Å². The number of ether oxygens (including phenoxy) is 1. The molecule has 0 aliphatic rings. The fourth-order valence-corrected chi connectivity index (χ4v) is 3.59. The number of hydrogen-bond donors (Lipinski definition) is 2. The van der Waals surface area contributed by atoms with E-state index in [4.69, 9.17) is 10.5 Å². The molecule has 2 rings (SSSR count). The number of nitrogens with two attached hydrogens (primary N) is 1. The number of carboxylic acids is 1. The first-order chi connectivity index (χ1) is 10.9. The Morgan fingerprint density at radius 2 is 2.00 bits per heavy atom. The van der Waals surface area contributed by atoms with E-state index in [2.05, 4.69) is 50.2 Å². The number of carbonyl (C=O) groups is 1.